The first-order valence-electron chi connectivity index (χ1n) is 8.82. The Hall–Kier alpha value is -2.15. The van der Waals surface area contributed by atoms with Gasteiger partial charge in [0.05, 0.1) is 18.6 Å². The monoisotopic (exact) mass is 349 g/mol. The summed E-state index contributed by atoms with van der Waals surface area (Å²) in [4.78, 5) is 28.8. The van der Waals surface area contributed by atoms with Crippen molar-refractivity contribution < 1.29 is 19.1 Å². The first-order valence-corrected chi connectivity index (χ1v) is 8.82. The van der Waals surface area contributed by atoms with E-state index < -0.39 is 0 Å². The van der Waals surface area contributed by atoms with E-state index >= 15 is 0 Å². The quantitative estimate of drug-likeness (QED) is 0.660. The van der Waals surface area contributed by atoms with E-state index in [1.54, 1.807) is 12.1 Å². The van der Waals surface area contributed by atoms with Crippen molar-refractivity contribution >= 4 is 11.8 Å². The molecule has 1 aliphatic rings. The van der Waals surface area contributed by atoms with Crippen molar-refractivity contribution in [2.75, 3.05) is 26.9 Å². The lowest BCUT2D eigenvalue weighted by Crippen LogP contribution is -2.44. The summed E-state index contributed by atoms with van der Waals surface area (Å²) in [7, 11) is 1.53. The smallest absolute Gasteiger partial charge is 0.253 e. The number of carbonyl (C=O) groups excluding carboxylic acids is 2. The number of amides is 2. The van der Waals surface area contributed by atoms with Crippen LogP contribution >= 0.6 is 0 Å². The van der Waals surface area contributed by atoms with Crippen molar-refractivity contribution in [1.82, 2.24) is 15.6 Å². The predicted octanol–water partition coefficient (Wildman–Crippen LogP) is 1.53. The van der Waals surface area contributed by atoms with Gasteiger partial charge in [0.2, 0.25) is 11.8 Å². The zero-order valence-corrected chi connectivity index (χ0v) is 14.9. The van der Waals surface area contributed by atoms with Gasteiger partial charge in [-0.2, -0.15) is 0 Å². The maximum absolute atomic E-state index is 12.4. The third-order valence-corrected chi connectivity index (χ3v) is 4.35. The molecule has 7 heteroatoms. The minimum atomic E-state index is -0.212. The minimum absolute atomic E-state index is 0.00662. The summed E-state index contributed by atoms with van der Waals surface area (Å²) in [6, 6.07) is 3.17. The number of aromatic nitrogens is 1. The van der Waals surface area contributed by atoms with Gasteiger partial charge in [-0.05, 0) is 32.3 Å². The second-order valence-electron chi connectivity index (χ2n) is 6.05. The Kier molecular flexibility index (Phi) is 7.66. The summed E-state index contributed by atoms with van der Waals surface area (Å²) in [6.45, 7) is 3.87. The van der Waals surface area contributed by atoms with Gasteiger partial charge in [0.1, 0.15) is 0 Å². The van der Waals surface area contributed by atoms with Crippen LogP contribution in [0, 0.1) is 5.92 Å². The third-order valence-electron chi connectivity index (χ3n) is 4.35. The predicted molar refractivity (Wildman–Crippen MR) is 93.5 cm³/mol. The molecule has 0 bridgehead atoms. The summed E-state index contributed by atoms with van der Waals surface area (Å²) in [5.41, 5.74) is 0.462. The first-order chi connectivity index (χ1) is 12.2. The van der Waals surface area contributed by atoms with Crippen LogP contribution in [0.25, 0.3) is 0 Å². The Bertz CT molecular complexity index is 562. The molecule has 1 fully saturated rings. The van der Waals surface area contributed by atoms with E-state index in [1.165, 1.54) is 13.3 Å². The van der Waals surface area contributed by atoms with Gasteiger partial charge < -0.3 is 20.1 Å². The van der Waals surface area contributed by atoms with Crippen LogP contribution in [0.2, 0.25) is 0 Å². The molecule has 138 valence electrons. The molecule has 2 atom stereocenters. The zero-order chi connectivity index (χ0) is 18.1. The molecule has 0 spiro atoms. The van der Waals surface area contributed by atoms with Gasteiger partial charge in [-0.15, -0.1) is 0 Å². The number of nitrogens with zero attached hydrogens (tertiary/aromatic N) is 1. The normalized spacial score (nSPS) is 19.4. The molecule has 1 heterocycles. The molecule has 25 heavy (non-hydrogen) atoms. The van der Waals surface area contributed by atoms with Crippen LogP contribution in [-0.2, 0) is 9.53 Å². The van der Waals surface area contributed by atoms with Crippen molar-refractivity contribution in [2.24, 2.45) is 5.92 Å². The lowest BCUT2D eigenvalue weighted by atomic mass is 10.0. The molecule has 1 aliphatic carbocycles. The third kappa shape index (κ3) is 5.70. The fraction of sp³-hybridized carbons (Fsp3) is 0.611. The summed E-state index contributed by atoms with van der Waals surface area (Å²) < 4.78 is 10.2. The second kappa shape index (κ2) is 9.98. The Labute approximate surface area is 148 Å². The molecule has 2 amide bonds. The van der Waals surface area contributed by atoms with Crippen LogP contribution in [-0.4, -0.2) is 49.7 Å². The molecule has 0 unspecified atom stereocenters. The fourth-order valence-corrected chi connectivity index (χ4v) is 2.99. The number of hydrogen-bond donors (Lipinski definition) is 2. The number of pyridine rings is 1. The maximum atomic E-state index is 12.4. The Morgan fingerprint density at radius 3 is 2.84 bits per heavy atom. The largest absolute Gasteiger partial charge is 0.481 e. The van der Waals surface area contributed by atoms with Crippen molar-refractivity contribution in [1.29, 1.82) is 0 Å². The molecule has 2 N–H and O–H groups in total. The molecule has 0 saturated heterocycles. The molecule has 7 nitrogen and oxygen atoms in total. The van der Waals surface area contributed by atoms with Gasteiger partial charge in [0.15, 0.2) is 0 Å². The number of carbonyl (C=O) groups is 2. The van der Waals surface area contributed by atoms with Crippen molar-refractivity contribution in [3.8, 4) is 5.88 Å². The number of methoxy groups -OCH3 is 1. The van der Waals surface area contributed by atoms with Crippen LogP contribution in [0.4, 0.5) is 0 Å². The topological polar surface area (TPSA) is 89.6 Å². The van der Waals surface area contributed by atoms with Crippen LogP contribution < -0.4 is 15.4 Å². The summed E-state index contributed by atoms with van der Waals surface area (Å²) in [5.74, 6) is 0.0762. The van der Waals surface area contributed by atoms with Crippen molar-refractivity contribution in [3.05, 3.63) is 23.9 Å². The highest BCUT2D eigenvalue weighted by atomic mass is 16.5. The van der Waals surface area contributed by atoms with E-state index in [0.717, 1.165) is 25.7 Å². The lowest BCUT2D eigenvalue weighted by Gasteiger charge is -2.20. The standard InChI is InChI=1S/C18H27N3O4/c1-3-25-11-5-10-19-18(23)14-6-4-7-15(14)21-17(22)13-8-9-16(24-2)20-12-13/h8-9,12,14-15H,3-7,10-11H2,1-2H3,(H,19,23)(H,21,22)/t14-,15+/m0/s1. The van der Waals surface area contributed by atoms with Crippen LogP contribution in [0.1, 0.15) is 43.0 Å². The molecular formula is C18H27N3O4. The molecule has 1 aromatic rings. The summed E-state index contributed by atoms with van der Waals surface area (Å²) in [5, 5.41) is 5.91. The number of ether oxygens (including phenoxy) is 2. The van der Waals surface area contributed by atoms with E-state index in [2.05, 4.69) is 15.6 Å². The van der Waals surface area contributed by atoms with Crippen LogP contribution in [0.3, 0.4) is 0 Å². The van der Waals surface area contributed by atoms with Crippen molar-refractivity contribution in [2.45, 2.75) is 38.6 Å². The highest BCUT2D eigenvalue weighted by Crippen LogP contribution is 2.26. The van der Waals surface area contributed by atoms with E-state index in [-0.39, 0.29) is 23.8 Å². The van der Waals surface area contributed by atoms with Crippen molar-refractivity contribution in [3.63, 3.8) is 0 Å². The zero-order valence-electron chi connectivity index (χ0n) is 14.9. The molecule has 0 aromatic carbocycles. The molecule has 0 aliphatic heterocycles. The Balaban J connectivity index is 1.83. The van der Waals surface area contributed by atoms with E-state index in [4.69, 9.17) is 9.47 Å². The molecule has 1 saturated carbocycles. The van der Waals surface area contributed by atoms with Gasteiger partial charge in [-0.3, -0.25) is 9.59 Å². The van der Waals surface area contributed by atoms with E-state index in [0.29, 0.717) is 31.2 Å². The SMILES string of the molecule is CCOCCCNC(=O)[C@H]1CCC[C@H]1NC(=O)c1ccc(OC)nc1. The maximum Gasteiger partial charge on any atom is 0.253 e. The Morgan fingerprint density at radius 2 is 2.16 bits per heavy atom. The minimum Gasteiger partial charge on any atom is -0.481 e. The fourth-order valence-electron chi connectivity index (χ4n) is 2.99. The van der Waals surface area contributed by atoms with Crippen LogP contribution in [0.5, 0.6) is 5.88 Å². The molecular weight excluding hydrogens is 322 g/mol. The van der Waals surface area contributed by atoms with Gasteiger partial charge >= 0.3 is 0 Å². The summed E-state index contributed by atoms with van der Waals surface area (Å²) >= 11 is 0. The van der Waals surface area contributed by atoms with Gasteiger partial charge in [0, 0.05) is 38.1 Å². The average molecular weight is 349 g/mol. The highest BCUT2D eigenvalue weighted by molar-refractivity contribution is 5.94. The summed E-state index contributed by atoms with van der Waals surface area (Å²) in [6.07, 6.45) is 4.81. The number of hydrogen-bond acceptors (Lipinski definition) is 5. The van der Waals surface area contributed by atoms with Gasteiger partial charge in [-0.1, -0.05) is 6.42 Å². The van der Waals surface area contributed by atoms with E-state index in [1.807, 2.05) is 6.92 Å². The van der Waals surface area contributed by atoms with Gasteiger partial charge in [-0.25, -0.2) is 4.98 Å². The molecule has 1 aromatic heterocycles. The first kappa shape index (κ1) is 19.2. The Morgan fingerprint density at radius 1 is 1.32 bits per heavy atom. The number of nitrogens with one attached hydrogen (secondary N) is 2. The van der Waals surface area contributed by atoms with E-state index in [9.17, 15) is 9.59 Å². The lowest BCUT2D eigenvalue weighted by molar-refractivity contribution is -0.125. The average Bonchev–Trinajstić information content (AvgIpc) is 3.09. The highest BCUT2D eigenvalue weighted by Gasteiger charge is 2.33. The van der Waals surface area contributed by atoms with Crippen LogP contribution in [0.15, 0.2) is 18.3 Å². The second-order valence-corrected chi connectivity index (χ2v) is 6.05. The molecule has 0 radical (unpaired) electrons. The van der Waals surface area contributed by atoms with Gasteiger partial charge in [0.25, 0.3) is 5.91 Å². The molecule has 2 rings (SSSR count). The number of rotatable bonds is 9.